The van der Waals surface area contributed by atoms with E-state index in [0.717, 1.165) is 4.47 Å². The van der Waals surface area contributed by atoms with Gasteiger partial charge in [0.15, 0.2) is 0 Å². The minimum absolute atomic E-state index is 0.106. The molecule has 1 aliphatic heterocycles. The fourth-order valence-corrected chi connectivity index (χ4v) is 2.91. The number of esters is 1. The topological polar surface area (TPSA) is 46.6 Å². The van der Waals surface area contributed by atoms with Gasteiger partial charge in [-0.3, -0.25) is 9.59 Å². The minimum atomic E-state index is -0.481. The molecule has 1 aliphatic rings. The molecule has 3 rings (SSSR count). The molecule has 0 unspecified atom stereocenters. The fourth-order valence-electron chi connectivity index (χ4n) is 2.46. The highest BCUT2D eigenvalue weighted by Gasteiger charge is 2.36. The van der Waals surface area contributed by atoms with E-state index in [9.17, 15) is 9.59 Å². The van der Waals surface area contributed by atoms with Gasteiger partial charge < -0.3 is 9.64 Å². The maximum Gasteiger partial charge on any atom is 0.316 e. The van der Waals surface area contributed by atoms with E-state index in [1.807, 2.05) is 0 Å². The second kappa shape index (κ2) is 6.72. The Hall–Kier alpha value is -1.85. The Labute approximate surface area is 147 Å². The monoisotopic (exact) mass is 393 g/mol. The first-order valence-corrected chi connectivity index (χ1v) is 8.23. The molecule has 1 amide bonds. The molecule has 2 aromatic carbocycles. The maximum absolute atomic E-state index is 12.3. The molecular formula is C17H13BrClNO3. The number of ether oxygens (including phenoxy) is 1. The van der Waals surface area contributed by atoms with Crippen LogP contribution in [0.15, 0.2) is 53.0 Å². The fraction of sp³-hybridized carbons (Fsp3) is 0.176. The van der Waals surface area contributed by atoms with E-state index in [-0.39, 0.29) is 12.3 Å². The molecule has 0 saturated carbocycles. The van der Waals surface area contributed by atoms with E-state index < -0.39 is 11.9 Å². The SMILES string of the molecule is O=C(Oc1ccc(Br)cc1)[C@H]1CC(=O)N(c2cccc(Cl)c2)C1. The molecule has 1 atom stereocenters. The van der Waals surface area contributed by atoms with Gasteiger partial charge in [0.1, 0.15) is 5.75 Å². The highest BCUT2D eigenvalue weighted by atomic mass is 79.9. The van der Waals surface area contributed by atoms with Crippen LogP contribution in [0.3, 0.4) is 0 Å². The van der Waals surface area contributed by atoms with Crippen LogP contribution in [0.2, 0.25) is 5.02 Å². The van der Waals surface area contributed by atoms with Crippen molar-refractivity contribution in [1.29, 1.82) is 0 Å². The number of anilines is 1. The van der Waals surface area contributed by atoms with Gasteiger partial charge in [0.25, 0.3) is 0 Å². The Balaban J connectivity index is 1.69. The molecule has 0 aliphatic carbocycles. The van der Waals surface area contributed by atoms with Gasteiger partial charge in [-0.1, -0.05) is 33.6 Å². The quantitative estimate of drug-likeness (QED) is 0.582. The van der Waals surface area contributed by atoms with Crippen molar-refractivity contribution >= 4 is 45.1 Å². The Morgan fingerprint density at radius 2 is 1.96 bits per heavy atom. The van der Waals surface area contributed by atoms with Crippen molar-refractivity contribution in [1.82, 2.24) is 0 Å². The molecular weight excluding hydrogens is 382 g/mol. The highest BCUT2D eigenvalue weighted by molar-refractivity contribution is 9.10. The van der Waals surface area contributed by atoms with Gasteiger partial charge in [0, 0.05) is 28.1 Å². The lowest BCUT2D eigenvalue weighted by Crippen LogP contribution is -2.27. The maximum atomic E-state index is 12.3. The van der Waals surface area contributed by atoms with Gasteiger partial charge in [-0.2, -0.15) is 0 Å². The second-order valence-corrected chi connectivity index (χ2v) is 6.61. The largest absolute Gasteiger partial charge is 0.426 e. The standard InChI is InChI=1S/C17H13BrClNO3/c18-12-4-6-15(7-5-12)23-17(22)11-8-16(21)20(10-11)14-3-1-2-13(19)9-14/h1-7,9,11H,8,10H2/t11-/m0/s1. The molecule has 4 nitrogen and oxygen atoms in total. The van der Waals surface area contributed by atoms with Gasteiger partial charge in [0.2, 0.25) is 5.91 Å². The van der Waals surface area contributed by atoms with Gasteiger partial charge in [-0.25, -0.2) is 0 Å². The molecule has 1 saturated heterocycles. The number of carbonyl (C=O) groups is 2. The van der Waals surface area contributed by atoms with Crippen LogP contribution in [-0.4, -0.2) is 18.4 Å². The van der Waals surface area contributed by atoms with Crippen molar-refractivity contribution in [3.63, 3.8) is 0 Å². The summed E-state index contributed by atoms with van der Waals surface area (Å²) < 4.78 is 6.25. The zero-order chi connectivity index (χ0) is 16.4. The highest BCUT2D eigenvalue weighted by Crippen LogP contribution is 2.28. The molecule has 0 radical (unpaired) electrons. The third-order valence-corrected chi connectivity index (χ3v) is 4.37. The van der Waals surface area contributed by atoms with Crippen molar-refractivity contribution in [2.24, 2.45) is 5.92 Å². The molecule has 1 fully saturated rings. The second-order valence-electron chi connectivity index (χ2n) is 5.26. The summed E-state index contributed by atoms with van der Waals surface area (Å²) in [5.41, 5.74) is 0.696. The van der Waals surface area contributed by atoms with Crippen molar-refractivity contribution in [3.05, 3.63) is 58.0 Å². The average Bonchev–Trinajstić information content (AvgIpc) is 2.92. The number of nitrogens with zero attached hydrogens (tertiary/aromatic N) is 1. The normalized spacial score (nSPS) is 17.4. The summed E-state index contributed by atoms with van der Waals surface area (Å²) in [6.07, 6.45) is 0.141. The third-order valence-electron chi connectivity index (χ3n) is 3.61. The van der Waals surface area contributed by atoms with Crippen molar-refractivity contribution in [2.45, 2.75) is 6.42 Å². The van der Waals surface area contributed by atoms with Crippen LogP contribution in [0.5, 0.6) is 5.75 Å². The van der Waals surface area contributed by atoms with E-state index in [4.69, 9.17) is 16.3 Å². The van der Waals surface area contributed by atoms with Crippen molar-refractivity contribution in [2.75, 3.05) is 11.4 Å². The number of amides is 1. The molecule has 0 bridgehead atoms. The van der Waals surface area contributed by atoms with Crippen LogP contribution in [0.4, 0.5) is 5.69 Å². The zero-order valence-corrected chi connectivity index (χ0v) is 14.4. The van der Waals surface area contributed by atoms with Gasteiger partial charge in [0.05, 0.1) is 5.92 Å². The van der Waals surface area contributed by atoms with Crippen LogP contribution in [0.25, 0.3) is 0 Å². The van der Waals surface area contributed by atoms with Gasteiger partial charge >= 0.3 is 5.97 Å². The summed E-state index contributed by atoms with van der Waals surface area (Å²) in [6, 6.07) is 14.0. The summed E-state index contributed by atoms with van der Waals surface area (Å²) in [5.74, 6) is -0.521. The minimum Gasteiger partial charge on any atom is -0.426 e. The Morgan fingerprint density at radius 3 is 2.65 bits per heavy atom. The first-order valence-electron chi connectivity index (χ1n) is 7.06. The number of hydrogen-bond donors (Lipinski definition) is 0. The Kier molecular flexibility index (Phi) is 4.68. The van der Waals surface area contributed by atoms with Crippen LogP contribution < -0.4 is 9.64 Å². The van der Waals surface area contributed by atoms with Crippen LogP contribution in [-0.2, 0) is 9.59 Å². The lowest BCUT2D eigenvalue weighted by molar-refractivity contribution is -0.139. The number of rotatable bonds is 3. The lowest BCUT2D eigenvalue weighted by atomic mass is 10.1. The van der Waals surface area contributed by atoms with E-state index in [1.165, 1.54) is 0 Å². The summed E-state index contributed by atoms with van der Waals surface area (Å²) in [4.78, 5) is 26.0. The van der Waals surface area contributed by atoms with E-state index in [1.54, 1.807) is 53.4 Å². The van der Waals surface area contributed by atoms with E-state index in [2.05, 4.69) is 15.9 Å². The molecule has 6 heteroatoms. The van der Waals surface area contributed by atoms with E-state index in [0.29, 0.717) is 23.0 Å². The Bertz CT molecular complexity index is 748. The molecule has 118 valence electrons. The number of halogens is 2. The lowest BCUT2D eigenvalue weighted by Gasteiger charge is -2.16. The smallest absolute Gasteiger partial charge is 0.316 e. The molecule has 0 N–H and O–H groups in total. The number of hydrogen-bond acceptors (Lipinski definition) is 3. The van der Waals surface area contributed by atoms with E-state index >= 15 is 0 Å². The van der Waals surface area contributed by atoms with Crippen molar-refractivity contribution < 1.29 is 14.3 Å². The molecule has 23 heavy (non-hydrogen) atoms. The van der Waals surface area contributed by atoms with Crippen LogP contribution >= 0.6 is 27.5 Å². The average molecular weight is 395 g/mol. The molecule has 2 aromatic rings. The predicted molar refractivity (Wildman–Crippen MR) is 91.7 cm³/mol. The Morgan fingerprint density at radius 1 is 1.22 bits per heavy atom. The third kappa shape index (κ3) is 3.74. The van der Waals surface area contributed by atoms with Crippen molar-refractivity contribution in [3.8, 4) is 5.75 Å². The summed E-state index contributed by atoms with van der Waals surface area (Å²) in [5, 5.41) is 0.552. The first kappa shape index (κ1) is 16.0. The molecule has 0 aromatic heterocycles. The predicted octanol–water partition coefficient (Wildman–Crippen LogP) is 4.06. The number of benzene rings is 2. The summed E-state index contributed by atoms with van der Waals surface area (Å²) in [6.45, 7) is 0.300. The van der Waals surface area contributed by atoms with Crippen LogP contribution in [0, 0.1) is 5.92 Å². The zero-order valence-electron chi connectivity index (χ0n) is 12.0. The molecule has 0 spiro atoms. The molecule has 1 heterocycles. The number of carbonyl (C=O) groups excluding carboxylic acids is 2. The van der Waals surface area contributed by atoms with Crippen LogP contribution in [0.1, 0.15) is 6.42 Å². The van der Waals surface area contributed by atoms with Gasteiger partial charge in [-0.05, 0) is 42.5 Å². The first-order chi connectivity index (χ1) is 11.0. The summed E-state index contributed by atoms with van der Waals surface area (Å²) >= 11 is 9.28. The summed E-state index contributed by atoms with van der Waals surface area (Å²) in [7, 11) is 0. The van der Waals surface area contributed by atoms with Gasteiger partial charge in [-0.15, -0.1) is 0 Å².